The van der Waals surface area contributed by atoms with Gasteiger partial charge in [0, 0.05) is 0 Å². The molecule has 0 atom stereocenters. The van der Waals surface area contributed by atoms with Crippen molar-refractivity contribution in [3.8, 4) is 0 Å². The summed E-state index contributed by atoms with van der Waals surface area (Å²) in [7, 11) is 0. The molecule has 4 aromatic carbocycles. The molecule has 156 valence electrons. The molecule has 0 radical (unpaired) electrons. The molecule has 0 aromatic heterocycles. The minimum absolute atomic E-state index is 0.980. The molecule has 0 N–H and O–H groups in total. The van der Waals surface area contributed by atoms with Crippen LogP contribution >= 0.6 is 0 Å². The maximum absolute atomic E-state index is 2.31. The predicted molar refractivity (Wildman–Crippen MR) is 133 cm³/mol. The normalized spacial score (nSPS) is 11.0. The topological polar surface area (TPSA) is 0 Å². The molecule has 0 spiro atoms. The fourth-order valence-corrected chi connectivity index (χ4v) is 4.08. The van der Waals surface area contributed by atoms with E-state index in [4.69, 9.17) is 0 Å². The van der Waals surface area contributed by atoms with Crippen molar-refractivity contribution in [3.05, 3.63) is 141 Å². The fourth-order valence-electron chi connectivity index (χ4n) is 4.08. The van der Waals surface area contributed by atoms with Crippen LogP contribution in [0.3, 0.4) is 0 Å². The Bertz CT molecular complexity index is 1070. The predicted octanol–water partition coefficient (Wildman–Crippen LogP) is 7.69. The minimum atomic E-state index is 0.980. The summed E-state index contributed by atoms with van der Waals surface area (Å²) in [6.45, 7) is 8.72. The zero-order valence-corrected chi connectivity index (χ0v) is 19.2. The largest absolute Gasteiger partial charge is 0.0588 e. The van der Waals surface area contributed by atoms with E-state index in [1.807, 2.05) is 0 Å². The average molecular weight is 405 g/mol. The van der Waals surface area contributed by atoms with Crippen molar-refractivity contribution >= 4 is 0 Å². The molecule has 0 heterocycles. The summed E-state index contributed by atoms with van der Waals surface area (Å²) in [6.07, 6.45) is 2.97. The van der Waals surface area contributed by atoms with Crippen LogP contribution in [-0.4, -0.2) is 0 Å². The van der Waals surface area contributed by atoms with Crippen molar-refractivity contribution in [1.29, 1.82) is 0 Å². The third-order valence-corrected chi connectivity index (χ3v) is 6.41. The number of hydrogen-bond donors (Lipinski definition) is 0. The van der Waals surface area contributed by atoms with E-state index in [1.165, 1.54) is 55.6 Å². The van der Waals surface area contributed by atoms with Gasteiger partial charge in [-0.15, -0.1) is 0 Å². The summed E-state index contributed by atoms with van der Waals surface area (Å²) in [4.78, 5) is 0. The monoisotopic (exact) mass is 404 g/mol. The highest BCUT2D eigenvalue weighted by Crippen LogP contribution is 2.18. The van der Waals surface area contributed by atoms with Gasteiger partial charge in [0.1, 0.15) is 0 Å². The Balaban J connectivity index is 1.37. The molecule has 31 heavy (non-hydrogen) atoms. The van der Waals surface area contributed by atoms with Crippen LogP contribution in [-0.2, 0) is 19.3 Å². The van der Waals surface area contributed by atoms with Crippen molar-refractivity contribution in [2.75, 3.05) is 0 Å². The van der Waals surface area contributed by atoms with E-state index in [1.54, 1.807) is 0 Å². The van der Waals surface area contributed by atoms with E-state index in [0.717, 1.165) is 19.3 Å². The Labute approximate surface area is 187 Å². The highest BCUT2D eigenvalue weighted by Gasteiger charge is 2.03. The van der Waals surface area contributed by atoms with Crippen LogP contribution in [0.25, 0.3) is 0 Å². The van der Waals surface area contributed by atoms with E-state index in [9.17, 15) is 0 Å². The lowest BCUT2D eigenvalue weighted by Crippen LogP contribution is -1.94. The third kappa shape index (κ3) is 5.52. The maximum Gasteiger partial charge on any atom is -0.00257 e. The second kappa shape index (κ2) is 9.35. The molecule has 4 aromatic rings. The van der Waals surface area contributed by atoms with E-state index in [0.29, 0.717) is 0 Å². The van der Waals surface area contributed by atoms with Crippen molar-refractivity contribution in [2.45, 2.75) is 47.0 Å². The molecular weight excluding hydrogens is 372 g/mol. The van der Waals surface area contributed by atoms with Crippen LogP contribution in [0.5, 0.6) is 0 Å². The Kier molecular flexibility index (Phi) is 6.37. The third-order valence-electron chi connectivity index (χ3n) is 6.41. The molecule has 0 aliphatic carbocycles. The molecule has 0 fully saturated rings. The van der Waals surface area contributed by atoms with Gasteiger partial charge in [-0.1, -0.05) is 84.9 Å². The molecule has 0 nitrogen and oxygen atoms in total. The van der Waals surface area contributed by atoms with Crippen molar-refractivity contribution in [3.63, 3.8) is 0 Å². The SMILES string of the molecule is Cc1ccc(Cc2ccc(Cc3ccc(Cc4ccc(C)c(C)c4)cc3)cc2)cc1C. The molecule has 0 saturated heterocycles. The van der Waals surface area contributed by atoms with Gasteiger partial charge in [0.05, 0.1) is 0 Å². The van der Waals surface area contributed by atoms with E-state index < -0.39 is 0 Å². The molecular formula is C31H32. The second-order valence-electron chi connectivity index (χ2n) is 9.00. The van der Waals surface area contributed by atoms with Crippen LogP contribution < -0.4 is 0 Å². The first-order valence-corrected chi connectivity index (χ1v) is 11.2. The van der Waals surface area contributed by atoms with Crippen molar-refractivity contribution < 1.29 is 0 Å². The molecule has 0 unspecified atom stereocenters. The quantitative estimate of drug-likeness (QED) is 0.309. The van der Waals surface area contributed by atoms with Crippen LogP contribution in [0.4, 0.5) is 0 Å². The number of aryl methyl sites for hydroxylation is 4. The molecule has 0 aliphatic rings. The van der Waals surface area contributed by atoms with Gasteiger partial charge < -0.3 is 0 Å². The first-order valence-electron chi connectivity index (χ1n) is 11.2. The molecule has 0 bridgehead atoms. The maximum atomic E-state index is 2.31. The lowest BCUT2D eigenvalue weighted by atomic mass is 9.97. The summed E-state index contributed by atoms with van der Waals surface area (Å²) in [5, 5.41) is 0. The summed E-state index contributed by atoms with van der Waals surface area (Å²) < 4.78 is 0. The van der Waals surface area contributed by atoms with E-state index >= 15 is 0 Å². The number of hydrogen-bond acceptors (Lipinski definition) is 0. The zero-order valence-electron chi connectivity index (χ0n) is 19.2. The highest BCUT2D eigenvalue weighted by molar-refractivity contribution is 5.37. The van der Waals surface area contributed by atoms with Gasteiger partial charge in [-0.2, -0.15) is 0 Å². The van der Waals surface area contributed by atoms with Gasteiger partial charge in [-0.25, -0.2) is 0 Å². The molecule has 0 amide bonds. The van der Waals surface area contributed by atoms with E-state index in [2.05, 4.69) is 113 Å². The standard InChI is InChI=1S/C31H32/c1-22-5-7-30(17-24(22)3)20-28-13-9-26(10-14-28)19-27-11-15-29(16-12-27)21-31-8-6-23(2)25(4)18-31/h5-18H,19-21H2,1-4H3. The van der Waals surface area contributed by atoms with Gasteiger partial charge in [0.25, 0.3) is 0 Å². The lowest BCUT2D eigenvalue weighted by molar-refractivity contribution is 1.13. The summed E-state index contributed by atoms with van der Waals surface area (Å²) in [5.41, 5.74) is 13.7. The molecule has 0 aliphatic heterocycles. The highest BCUT2D eigenvalue weighted by atomic mass is 14.1. The van der Waals surface area contributed by atoms with Crippen LogP contribution in [0, 0.1) is 27.7 Å². The number of benzene rings is 4. The van der Waals surface area contributed by atoms with Gasteiger partial charge in [0.15, 0.2) is 0 Å². The van der Waals surface area contributed by atoms with Crippen molar-refractivity contribution in [2.24, 2.45) is 0 Å². The Hall–Kier alpha value is -3.12. The summed E-state index contributed by atoms with van der Waals surface area (Å²) in [6, 6.07) is 31.8. The van der Waals surface area contributed by atoms with Crippen LogP contribution in [0.1, 0.15) is 55.6 Å². The fraction of sp³-hybridized carbons (Fsp3) is 0.226. The summed E-state index contributed by atoms with van der Waals surface area (Å²) >= 11 is 0. The van der Waals surface area contributed by atoms with Crippen LogP contribution in [0.2, 0.25) is 0 Å². The first-order chi connectivity index (χ1) is 15.0. The molecule has 0 heteroatoms. The second-order valence-corrected chi connectivity index (χ2v) is 9.00. The van der Waals surface area contributed by atoms with E-state index in [-0.39, 0.29) is 0 Å². The molecule has 4 rings (SSSR count). The van der Waals surface area contributed by atoms with Crippen LogP contribution in [0.15, 0.2) is 84.9 Å². The minimum Gasteiger partial charge on any atom is -0.0588 e. The first kappa shape index (κ1) is 21.1. The average Bonchev–Trinajstić information content (AvgIpc) is 2.76. The van der Waals surface area contributed by atoms with Gasteiger partial charge in [0.2, 0.25) is 0 Å². The Morgan fingerprint density at radius 3 is 0.871 bits per heavy atom. The van der Waals surface area contributed by atoms with Gasteiger partial charge in [-0.3, -0.25) is 0 Å². The smallest absolute Gasteiger partial charge is 0.00257 e. The number of rotatable bonds is 6. The molecule has 0 saturated carbocycles. The Morgan fingerprint density at radius 2 is 0.581 bits per heavy atom. The van der Waals surface area contributed by atoms with Gasteiger partial charge in [-0.05, 0) is 103 Å². The van der Waals surface area contributed by atoms with Crippen molar-refractivity contribution in [1.82, 2.24) is 0 Å². The Morgan fingerprint density at radius 1 is 0.323 bits per heavy atom. The van der Waals surface area contributed by atoms with Gasteiger partial charge >= 0.3 is 0 Å². The summed E-state index contributed by atoms with van der Waals surface area (Å²) in [5.74, 6) is 0. The lowest BCUT2D eigenvalue weighted by Gasteiger charge is -2.08. The zero-order chi connectivity index (χ0) is 21.8.